The van der Waals surface area contributed by atoms with Gasteiger partial charge in [-0.3, -0.25) is 0 Å². The lowest BCUT2D eigenvalue weighted by atomic mass is 10.0. The van der Waals surface area contributed by atoms with Crippen molar-refractivity contribution in [2.45, 2.75) is 52.4 Å². The minimum Gasteiger partial charge on any atom is -0.395 e. The molecule has 0 heterocycles. The second-order valence-electron chi connectivity index (χ2n) is 4.42. The van der Waals surface area contributed by atoms with Gasteiger partial charge in [0.15, 0.2) is 0 Å². The molecule has 0 bridgehead atoms. The molecule has 0 aromatic carbocycles. The van der Waals surface area contributed by atoms with Crippen LogP contribution < -0.4 is 5.32 Å². The molecule has 2 N–H and O–H groups in total. The molecule has 0 spiro atoms. The molecule has 0 fully saturated rings. The predicted molar refractivity (Wildman–Crippen MR) is 62.5 cm³/mol. The van der Waals surface area contributed by atoms with E-state index in [-0.39, 0.29) is 6.61 Å². The maximum Gasteiger partial charge on any atom is 0.0555 e. The van der Waals surface area contributed by atoms with Crippen LogP contribution in [-0.4, -0.2) is 24.8 Å². The molecule has 86 valence electrons. The Hall–Kier alpha value is -0.0800. The number of aliphatic hydroxyl groups excluding tert-OH is 1. The lowest BCUT2D eigenvalue weighted by molar-refractivity contribution is 0.292. The van der Waals surface area contributed by atoms with Gasteiger partial charge in [-0.15, -0.1) is 0 Å². The van der Waals surface area contributed by atoms with Crippen LogP contribution in [-0.2, 0) is 0 Å². The average Bonchev–Trinajstić information content (AvgIpc) is 2.15. The van der Waals surface area contributed by atoms with Crippen LogP contribution in [0.4, 0.5) is 0 Å². The lowest BCUT2D eigenvalue weighted by Gasteiger charge is -2.04. The highest BCUT2D eigenvalue weighted by Gasteiger charge is 1.94. The van der Waals surface area contributed by atoms with Crippen molar-refractivity contribution in [1.29, 1.82) is 0 Å². The van der Waals surface area contributed by atoms with Gasteiger partial charge in [0.1, 0.15) is 0 Å². The van der Waals surface area contributed by atoms with E-state index in [1.807, 2.05) is 0 Å². The van der Waals surface area contributed by atoms with E-state index in [0.29, 0.717) is 0 Å². The topological polar surface area (TPSA) is 32.3 Å². The van der Waals surface area contributed by atoms with Gasteiger partial charge in [0, 0.05) is 6.54 Å². The van der Waals surface area contributed by atoms with Crippen molar-refractivity contribution in [3.8, 4) is 0 Å². The minimum atomic E-state index is 0.258. The van der Waals surface area contributed by atoms with Gasteiger partial charge in [-0.2, -0.15) is 0 Å². The molecule has 0 unspecified atom stereocenters. The standard InChI is InChI=1S/C12H27NO/c1-12(2)8-6-4-3-5-7-9-13-10-11-14/h12-14H,3-11H2,1-2H3. The first-order valence-corrected chi connectivity index (χ1v) is 6.09. The highest BCUT2D eigenvalue weighted by molar-refractivity contribution is 4.50. The zero-order chi connectivity index (χ0) is 10.6. The molecule has 0 aliphatic heterocycles. The second-order valence-corrected chi connectivity index (χ2v) is 4.42. The number of nitrogens with one attached hydrogen (secondary N) is 1. The van der Waals surface area contributed by atoms with E-state index in [1.165, 1.54) is 38.5 Å². The van der Waals surface area contributed by atoms with Gasteiger partial charge in [-0.25, -0.2) is 0 Å². The van der Waals surface area contributed by atoms with E-state index in [1.54, 1.807) is 0 Å². The SMILES string of the molecule is CC(C)CCCCCCCNCCO. The summed E-state index contributed by atoms with van der Waals surface area (Å²) in [6.45, 7) is 6.64. The van der Waals surface area contributed by atoms with Crippen molar-refractivity contribution in [3.63, 3.8) is 0 Å². The van der Waals surface area contributed by atoms with E-state index in [4.69, 9.17) is 5.11 Å². The van der Waals surface area contributed by atoms with Gasteiger partial charge >= 0.3 is 0 Å². The highest BCUT2D eigenvalue weighted by Crippen LogP contribution is 2.09. The third-order valence-electron chi connectivity index (χ3n) is 2.42. The molecule has 0 atom stereocenters. The third kappa shape index (κ3) is 11.9. The summed E-state index contributed by atoms with van der Waals surface area (Å²) < 4.78 is 0. The van der Waals surface area contributed by atoms with Crippen molar-refractivity contribution >= 4 is 0 Å². The molecule has 0 aliphatic carbocycles. The lowest BCUT2D eigenvalue weighted by Crippen LogP contribution is -2.19. The maximum atomic E-state index is 8.53. The van der Waals surface area contributed by atoms with E-state index in [0.717, 1.165) is 19.0 Å². The van der Waals surface area contributed by atoms with Crippen molar-refractivity contribution in [2.24, 2.45) is 5.92 Å². The third-order valence-corrected chi connectivity index (χ3v) is 2.42. The highest BCUT2D eigenvalue weighted by atomic mass is 16.3. The molecule has 0 radical (unpaired) electrons. The smallest absolute Gasteiger partial charge is 0.0555 e. The van der Waals surface area contributed by atoms with Crippen LogP contribution in [0.3, 0.4) is 0 Å². The zero-order valence-corrected chi connectivity index (χ0v) is 9.89. The molecule has 0 rings (SSSR count). The van der Waals surface area contributed by atoms with Crippen LogP contribution in [0.15, 0.2) is 0 Å². The molecule has 0 aliphatic rings. The Balaban J connectivity index is 2.85. The van der Waals surface area contributed by atoms with Crippen LogP contribution in [0.1, 0.15) is 52.4 Å². The van der Waals surface area contributed by atoms with Gasteiger partial charge in [-0.1, -0.05) is 46.0 Å². The Morgan fingerprint density at radius 2 is 1.57 bits per heavy atom. The summed E-state index contributed by atoms with van der Waals surface area (Å²) in [4.78, 5) is 0. The van der Waals surface area contributed by atoms with Crippen LogP contribution in [0.25, 0.3) is 0 Å². The maximum absolute atomic E-state index is 8.53. The fraction of sp³-hybridized carbons (Fsp3) is 1.00. The summed E-state index contributed by atoms with van der Waals surface area (Å²) in [6, 6.07) is 0. The van der Waals surface area contributed by atoms with Crippen LogP contribution in [0.5, 0.6) is 0 Å². The molecule has 0 amide bonds. The van der Waals surface area contributed by atoms with Crippen LogP contribution in [0, 0.1) is 5.92 Å². The molecule has 0 saturated heterocycles. The minimum absolute atomic E-state index is 0.258. The van der Waals surface area contributed by atoms with Gasteiger partial charge in [0.05, 0.1) is 6.61 Å². The Kier molecular flexibility index (Phi) is 10.9. The normalized spacial score (nSPS) is 11.1. The molecular formula is C12H27NO. The number of hydrogen-bond acceptors (Lipinski definition) is 2. The van der Waals surface area contributed by atoms with Crippen LogP contribution in [0.2, 0.25) is 0 Å². The Bertz CT molecular complexity index is 104. The first kappa shape index (κ1) is 13.9. The molecule has 0 aromatic heterocycles. The number of aliphatic hydroxyl groups is 1. The quantitative estimate of drug-likeness (QED) is 0.532. The number of unbranched alkanes of at least 4 members (excludes halogenated alkanes) is 4. The molecule has 0 saturated carbocycles. The fourth-order valence-corrected chi connectivity index (χ4v) is 1.54. The molecule has 0 aromatic rings. The molecule has 2 nitrogen and oxygen atoms in total. The van der Waals surface area contributed by atoms with Crippen LogP contribution >= 0.6 is 0 Å². The monoisotopic (exact) mass is 201 g/mol. The first-order valence-electron chi connectivity index (χ1n) is 6.09. The summed E-state index contributed by atoms with van der Waals surface area (Å²) in [5.41, 5.74) is 0. The Morgan fingerprint density at radius 3 is 2.21 bits per heavy atom. The van der Waals surface area contributed by atoms with Crippen molar-refractivity contribution in [1.82, 2.24) is 5.32 Å². The second kappa shape index (κ2) is 11.0. The Morgan fingerprint density at radius 1 is 0.929 bits per heavy atom. The summed E-state index contributed by atoms with van der Waals surface area (Å²) in [5.74, 6) is 0.862. The molecule has 14 heavy (non-hydrogen) atoms. The van der Waals surface area contributed by atoms with E-state index < -0.39 is 0 Å². The van der Waals surface area contributed by atoms with Crippen molar-refractivity contribution in [3.05, 3.63) is 0 Å². The molecule has 2 heteroatoms. The van der Waals surface area contributed by atoms with Gasteiger partial charge in [0.2, 0.25) is 0 Å². The van der Waals surface area contributed by atoms with Crippen molar-refractivity contribution in [2.75, 3.05) is 19.7 Å². The van der Waals surface area contributed by atoms with Crippen molar-refractivity contribution < 1.29 is 5.11 Å². The predicted octanol–water partition coefficient (Wildman–Crippen LogP) is 2.56. The summed E-state index contributed by atoms with van der Waals surface area (Å²) in [5, 5.41) is 11.7. The average molecular weight is 201 g/mol. The number of hydrogen-bond donors (Lipinski definition) is 2. The Labute approximate surface area is 89.1 Å². The zero-order valence-electron chi connectivity index (χ0n) is 9.89. The largest absolute Gasteiger partial charge is 0.395 e. The van der Waals surface area contributed by atoms with E-state index in [2.05, 4.69) is 19.2 Å². The fourth-order valence-electron chi connectivity index (χ4n) is 1.54. The van der Waals surface area contributed by atoms with E-state index >= 15 is 0 Å². The van der Waals surface area contributed by atoms with E-state index in [9.17, 15) is 0 Å². The molecular weight excluding hydrogens is 174 g/mol. The number of rotatable bonds is 10. The van der Waals surface area contributed by atoms with Gasteiger partial charge in [-0.05, 0) is 18.9 Å². The summed E-state index contributed by atoms with van der Waals surface area (Å²) in [6.07, 6.45) is 8.11. The first-order chi connectivity index (χ1) is 6.77. The van der Waals surface area contributed by atoms with Gasteiger partial charge < -0.3 is 10.4 Å². The summed E-state index contributed by atoms with van der Waals surface area (Å²) >= 11 is 0. The van der Waals surface area contributed by atoms with Gasteiger partial charge in [0.25, 0.3) is 0 Å². The summed E-state index contributed by atoms with van der Waals surface area (Å²) in [7, 11) is 0.